The van der Waals surface area contributed by atoms with Crippen LogP contribution in [0.3, 0.4) is 0 Å². The Bertz CT molecular complexity index is 266. The summed E-state index contributed by atoms with van der Waals surface area (Å²) in [5.41, 5.74) is 0.966. The van der Waals surface area contributed by atoms with Gasteiger partial charge in [0, 0.05) is 4.47 Å². The van der Waals surface area contributed by atoms with Crippen LogP contribution in [0.1, 0.15) is 5.56 Å². The summed E-state index contributed by atoms with van der Waals surface area (Å²) in [7, 11) is 0. The minimum Gasteiger partial charge on any atom is -0.145 e. The van der Waals surface area contributed by atoms with Gasteiger partial charge in [0.05, 0.1) is 6.20 Å². The molecule has 0 aromatic heterocycles. The summed E-state index contributed by atoms with van der Waals surface area (Å²) >= 11 is 3.30. The molecule has 2 nitrogen and oxygen atoms in total. The summed E-state index contributed by atoms with van der Waals surface area (Å²) in [4.78, 5) is 9.70. The highest BCUT2D eigenvalue weighted by Gasteiger charge is 1.85. The largest absolute Gasteiger partial charge is 0.145 e. The summed E-state index contributed by atoms with van der Waals surface area (Å²) in [5, 5.41) is 2.61. The Morgan fingerprint density at radius 2 is 1.91 bits per heavy atom. The third-order valence-electron chi connectivity index (χ3n) is 1.20. The van der Waals surface area contributed by atoms with Crippen LogP contribution < -0.4 is 0 Å². The third kappa shape index (κ3) is 2.63. The fraction of sp³-hybridized carbons (Fsp3) is 0. The van der Waals surface area contributed by atoms with E-state index in [4.69, 9.17) is 0 Å². The molecule has 0 spiro atoms. The van der Waals surface area contributed by atoms with Gasteiger partial charge in [0.25, 0.3) is 0 Å². The summed E-state index contributed by atoms with van der Waals surface area (Å²) in [5.74, 6) is 0. The molecule has 0 aliphatic rings. The van der Waals surface area contributed by atoms with Crippen molar-refractivity contribution >= 4 is 22.0 Å². The third-order valence-corrected chi connectivity index (χ3v) is 1.73. The van der Waals surface area contributed by atoms with Crippen LogP contribution in [0.2, 0.25) is 0 Å². The first kappa shape index (κ1) is 8.14. The van der Waals surface area contributed by atoms with Crippen LogP contribution in [-0.2, 0) is 0 Å². The van der Waals surface area contributed by atoms with E-state index in [0.717, 1.165) is 10.0 Å². The van der Waals surface area contributed by atoms with Crippen LogP contribution in [0.5, 0.6) is 0 Å². The van der Waals surface area contributed by atoms with Crippen LogP contribution in [0, 0.1) is 4.91 Å². The van der Waals surface area contributed by atoms with E-state index in [0.29, 0.717) is 0 Å². The number of halogens is 1. The van der Waals surface area contributed by atoms with E-state index in [1.165, 1.54) is 6.20 Å². The molecule has 0 aliphatic carbocycles. The molecule has 1 aromatic carbocycles. The zero-order valence-electron chi connectivity index (χ0n) is 5.70. The number of benzene rings is 1. The maximum atomic E-state index is 9.70. The first-order chi connectivity index (χ1) is 5.33. The van der Waals surface area contributed by atoms with Crippen molar-refractivity contribution in [2.24, 2.45) is 5.18 Å². The summed E-state index contributed by atoms with van der Waals surface area (Å²) < 4.78 is 1.02. The lowest BCUT2D eigenvalue weighted by Gasteiger charge is -1.90. The van der Waals surface area contributed by atoms with E-state index in [9.17, 15) is 4.91 Å². The molecule has 0 amide bonds. The van der Waals surface area contributed by atoms with Gasteiger partial charge in [0.2, 0.25) is 0 Å². The summed E-state index contributed by atoms with van der Waals surface area (Å²) in [6, 6.07) is 7.60. The van der Waals surface area contributed by atoms with E-state index >= 15 is 0 Å². The highest BCUT2D eigenvalue weighted by atomic mass is 79.9. The molecule has 0 N–H and O–H groups in total. The van der Waals surface area contributed by atoms with Gasteiger partial charge in [-0.05, 0) is 28.9 Å². The van der Waals surface area contributed by atoms with Gasteiger partial charge in [-0.15, -0.1) is 4.91 Å². The van der Waals surface area contributed by atoms with Crippen molar-refractivity contribution in [1.82, 2.24) is 0 Å². The average Bonchev–Trinajstić information content (AvgIpc) is 2.04. The Morgan fingerprint density at radius 1 is 1.27 bits per heavy atom. The molecule has 11 heavy (non-hydrogen) atoms. The van der Waals surface area contributed by atoms with Gasteiger partial charge in [0.1, 0.15) is 0 Å². The molecule has 0 aliphatic heterocycles. The second-order valence-corrected chi connectivity index (χ2v) is 2.89. The van der Waals surface area contributed by atoms with Crippen molar-refractivity contribution in [1.29, 1.82) is 0 Å². The molecule has 1 rings (SSSR count). The molecular weight excluding hydrogens is 206 g/mol. The normalized spacial score (nSPS) is 10.3. The Balaban J connectivity index is 2.81. The molecule has 0 saturated heterocycles. The van der Waals surface area contributed by atoms with E-state index in [2.05, 4.69) is 21.1 Å². The van der Waals surface area contributed by atoms with Gasteiger partial charge >= 0.3 is 0 Å². The minimum absolute atomic E-state index is 0.966. The topological polar surface area (TPSA) is 29.4 Å². The minimum atomic E-state index is 0.966. The molecule has 0 saturated carbocycles. The molecule has 0 unspecified atom stereocenters. The van der Waals surface area contributed by atoms with Crippen molar-refractivity contribution in [3.05, 3.63) is 45.4 Å². The van der Waals surface area contributed by atoms with Gasteiger partial charge in [-0.2, -0.15) is 0 Å². The maximum absolute atomic E-state index is 9.70. The zero-order chi connectivity index (χ0) is 8.10. The Morgan fingerprint density at radius 3 is 2.45 bits per heavy atom. The SMILES string of the molecule is O=N/C=C/c1ccc(Br)cc1. The van der Waals surface area contributed by atoms with Crippen LogP contribution in [0.15, 0.2) is 40.1 Å². The highest BCUT2D eigenvalue weighted by Crippen LogP contribution is 2.11. The predicted octanol–water partition coefficient (Wildman–Crippen LogP) is 3.19. The zero-order valence-corrected chi connectivity index (χ0v) is 7.28. The van der Waals surface area contributed by atoms with Gasteiger partial charge < -0.3 is 0 Å². The van der Waals surface area contributed by atoms with Crippen molar-refractivity contribution < 1.29 is 0 Å². The molecule has 0 radical (unpaired) electrons. The Kier molecular flexibility index (Phi) is 2.98. The van der Waals surface area contributed by atoms with E-state index in [-0.39, 0.29) is 0 Å². The molecule has 0 bridgehead atoms. The second kappa shape index (κ2) is 4.03. The van der Waals surface area contributed by atoms with Crippen molar-refractivity contribution in [3.8, 4) is 0 Å². The van der Waals surface area contributed by atoms with Gasteiger partial charge in [-0.3, -0.25) is 0 Å². The van der Waals surface area contributed by atoms with Crippen molar-refractivity contribution in [3.63, 3.8) is 0 Å². The monoisotopic (exact) mass is 211 g/mol. The lowest BCUT2D eigenvalue weighted by Crippen LogP contribution is -1.68. The maximum Gasteiger partial charge on any atom is 0.0720 e. The van der Waals surface area contributed by atoms with Crippen LogP contribution in [-0.4, -0.2) is 0 Å². The van der Waals surface area contributed by atoms with Crippen LogP contribution in [0.25, 0.3) is 6.08 Å². The molecule has 1 aromatic rings. The lowest BCUT2D eigenvalue weighted by atomic mass is 10.2. The van der Waals surface area contributed by atoms with Gasteiger partial charge in [-0.1, -0.05) is 28.1 Å². The fourth-order valence-electron chi connectivity index (χ4n) is 0.690. The van der Waals surface area contributed by atoms with Crippen LogP contribution in [0.4, 0.5) is 0 Å². The molecule has 0 fully saturated rings. The first-order valence-electron chi connectivity index (χ1n) is 3.07. The van der Waals surface area contributed by atoms with E-state index in [1.54, 1.807) is 6.08 Å². The highest BCUT2D eigenvalue weighted by molar-refractivity contribution is 9.10. The molecule has 0 atom stereocenters. The van der Waals surface area contributed by atoms with Gasteiger partial charge in [0.15, 0.2) is 0 Å². The van der Waals surface area contributed by atoms with Crippen molar-refractivity contribution in [2.45, 2.75) is 0 Å². The van der Waals surface area contributed by atoms with Crippen LogP contribution >= 0.6 is 15.9 Å². The van der Waals surface area contributed by atoms with Gasteiger partial charge in [-0.25, -0.2) is 0 Å². The smallest absolute Gasteiger partial charge is 0.0720 e. The second-order valence-electron chi connectivity index (χ2n) is 1.97. The van der Waals surface area contributed by atoms with E-state index < -0.39 is 0 Å². The fourth-order valence-corrected chi connectivity index (χ4v) is 0.955. The Hall–Kier alpha value is -0.960. The number of hydrogen-bond acceptors (Lipinski definition) is 2. The number of nitrogens with zero attached hydrogens (tertiary/aromatic N) is 1. The quantitative estimate of drug-likeness (QED) is 0.692. The Labute approximate surface area is 73.0 Å². The first-order valence-corrected chi connectivity index (χ1v) is 3.87. The number of hydrogen-bond donors (Lipinski definition) is 0. The summed E-state index contributed by atoms with van der Waals surface area (Å²) in [6.07, 6.45) is 2.88. The molecule has 0 heterocycles. The number of rotatable bonds is 2. The standard InChI is InChI=1S/C8H6BrNO/c9-8-3-1-7(2-4-8)5-6-10-11/h1-6H/b6-5+. The van der Waals surface area contributed by atoms with Crippen molar-refractivity contribution in [2.75, 3.05) is 0 Å². The number of nitroso groups, excluding NO2 is 1. The van der Waals surface area contributed by atoms with E-state index in [1.807, 2.05) is 24.3 Å². The average molecular weight is 212 g/mol. The summed E-state index contributed by atoms with van der Waals surface area (Å²) in [6.45, 7) is 0. The predicted molar refractivity (Wildman–Crippen MR) is 49.0 cm³/mol. The molecule has 56 valence electrons. The lowest BCUT2D eigenvalue weighted by molar-refractivity contribution is 1.54. The molecule has 3 heteroatoms. The molecular formula is C8H6BrNO.